The predicted octanol–water partition coefficient (Wildman–Crippen LogP) is 2.19. The van der Waals surface area contributed by atoms with Gasteiger partial charge in [0.1, 0.15) is 0 Å². The molecule has 0 atom stereocenters. The molecule has 7 nitrogen and oxygen atoms in total. The van der Waals surface area contributed by atoms with Crippen LogP contribution in [0.25, 0.3) is 5.69 Å². The Hall–Kier alpha value is -2.83. The van der Waals surface area contributed by atoms with Gasteiger partial charge in [-0.3, -0.25) is 4.79 Å². The summed E-state index contributed by atoms with van der Waals surface area (Å²) >= 11 is 0. The first-order chi connectivity index (χ1) is 13.7. The number of nitrogens with zero attached hydrogens (tertiary/aromatic N) is 4. The average molecular weight is 383 g/mol. The number of amides is 1. The van der Waals surface area contributed by atoms with E-state index in [9.17, 15) is 4.79 Å². The maximum atomic E-state index is 11.6. The molecule has 1 aromatic heterocycles. The minimum absolute atomic E-state index is 0.137. The number of rotatable bonds is 6. The first-order valence-electron chi connectivity index (χ1n) is 10.0. The fraction of sp³-hybridized carbons (Fsp3) is 0.476. The zero-order chi connectivity index (χ0) is 19.8. The van der Waals surface area contributed by atoms with Gasteiger partial charge < -0.3 is 15.5 Å². The van der Waals surface area contributed by atoms with Crippen molar-refractivity contribution in [3.05, 3.63) is 48.3 Å². The summed E-state index contributed by atoms with van der Waals surface area (Å²) in [5.74, 6) is 1.56. The fourth-order valence-corrected chi connectivity index (χ4v) is 3.48. The van der Waals surface area contributed by atoms with E-state index >= 15 is 0 Å². The van der Waals surface area contributed by atoms with Crippen molar-refractivity contribution in [2.45, 2.75) is 32.7 Å². The number of hydrogen-bond donors (Lipinski definition) is 2. The smallest absolute Gasteiger partial charge is 0.220 e. The number of carbonyl (C=O) groups is 1. The minimum atomic E-state index is 0.137. The normalized spacial score (nSPS) is 15.5. The molecule has 7 heteroatoms. The zero-order valence-electron chi connectivity index (χ0n) is 16.8. The van der Waals surface area contributed by atoms with Crippen LogP contribution in [0.3, 0.4) is 0 Å². The van der Waals surface area contributed by atoms with Crippen molar-refractivity contribution in [2.75, 3.05) is 26.7 Å². The molecule has 2 heterocycles. The van der Waals surface area contributed by atoms with Crippen molar-refractivity contribution in [1.82, 2.24) is 25.3 Å². The van der Waals surface area contributed by atoms with Gasteiger partial charge in [0.2, 0.25) is 5.91 Å². The standard InChI is InChI=1S/C21H30N6O/c1-3-23-21(26-13-9-17(10-14-26)15-20(28)22-2)24-16-18-5-7-19(8-6-18)27-12-4-11-25-27/h4-8,11-12,17H,3,9-10,13-16H2,1-2H3,(H,22,28)(H,23,24). The Morgan fingerprint density at radius 1 is 1.25 bits per heavy atom. The largest absolute Gasteiger partial charge is 0.359 e. The zero-order valence-corrected chi connectivity index (χ0v) is 16.8. The number of aliphatic imine (C=N–C) groups is 1. The first kappa shape index (κ1) is 19.9. The van der Waals surface area contributed by atoms with Gasteiger partial charge in [-0.1, -0.05) is 12.1 Å². The summed E-state index contributed by atoms with van der Waals surface area (Å²) < 4.78 is 1.85. The van der Waals surface area contributed by atoms with Crippen LogP contribution in [-0.2, 0) is 11.3 Å². The van der Waals surface area contributed by atoms with Crippen LogP contribution in [0.1, 0.15) is 31.7 Å². The summed E-state index contributed by atoms with van der Waals surface area (Å²) in [7, 11) is 1.70. The van der Waals surface area contributed by atoms with E-state index in [4.69, 9.17) is 4.99 Å². The number of piperidine rings is 1. The predicted molar refractivity (Wildman–Crippen MR) is 111 cm³/mol. The second-order valence-corrected chi connectivity index (χ2v) is 7.09. The van der Waals surface area contributed by atoms with Gasteiger partial charge in [0.15, 0.2) is 5.96 Å². The third-order valence-electron chi connectivity index (χ3n) is 5.12. The first-order valence-corrected chi connectivity index (χ1v) is 10.0. The van der Waals surface area contributed by atoms with Crippen molar-refractivity contribution < 1.29 is 4.79 Å². The molecule has 3 rings (SSSR count). The molecule has 1 fully saturated rings. The molecule has 2 N–H and O–H groups in total. The highest BCUT2D eigenvalue weighted by molar-refractivity contribution is 5.80. The maximum Gasteiger partial charge on any atom is 0.220 e. The number of aromatic nitrogens is 2. The van der Waals surface area contributed by atoms with Crippen LogP contribution >= 0.6 is 0 Å². The molecule has 1 aromatic carbocycles. The Kier molecular flexibility index (Phi) is 7.06. The summed E-state index contributed by atoms with van der Waals surface area (Å²) in [4.78, 5) is 18.7. The highest BCUT2D eigenvalue weighted by atomic mass is 16.1. The Morgan fingerprint density at radius 2 is 2.00 bits per heavy atom. The molecule has 0 unspecified atom stereocenters. The van der Waals surface area contributed by atoms with Crippen molar-refractivity contribution in [1.29, 1.82) is 0 Å². The highest BCUT2D eigenvalue weighted by Crippen LogP contribution is 2.20. The molecule has 2 aromatic rings. The van der Waals surface area contributed by atoms with Crippen LogP contribution in [0, 0.1) is 5.92 Å². The number of guanidine groups is 1. The molecule has 0 radical (unpaired) electrons. The van der Waals surface area contributed by atoms with Gasteiger partial charge in [0, 0.05) is 45.5 Å². The lowest BCUT2D eigenvalue weighted by molar-refractivity contribution is -0.121. The number of hydrogen-bond acceptors (Lipinski definition) is 3. The summed E-state index contributed by atoms with van der Waals surface area (Å²) in [5, 5.41) is 10.4. The van der Waals surface area contributed by atoms with E-state index in [0.29, 0.717) is 18.9 Å². The lowest BCUT2D eigenvalue weighted by Crippen LogP contribution is -2.46. The maximum absolute atomic E-state index is 11.6. The molecule has 0 saturated carbocycles. The monoisotopic (exact) mass is 382 g/mol. The molecular formula is C21H30N6O. The molecular weight excluding hydrogens is 352 g/mol. The summed E-state index contributed by atoms with van der Waals surface area (Å²) in [6, 6.07) is 10.2. The van der Waals surface area contributed by atoms with Crippen LogP contribution < -0.4 is 10.6 Å². The Balaban J connectivity index is 1.58. The summed E-state index contributed by atoms with van der Waals surface area (Å²) in [6.45, 7) is 5.44. The molecule has 1 saturated heterocycles. The molecule has 28 heavy (non-hydrogen) atoms. The van der Waals surface area contributed by atoms with Crippen molar-refractivity contribution in [3.63, 3.8) is 0 Å². The third-order valence-corrected chi connectivity index (χ3v) is 5.12. The summed E-state index contributed by atoms with van der Waals surface area (Å²) in [6.07, 6.45) is 6.39. The van der Waals surface area contributed by atoms with Gasteiger partial charge in [0.05, 0.1) is 12.2 Å². The lowest BCUT2D eigenvalue weighted by atomic mass is 9.93. The Labute approximate surface area is 166 Å². The summed E-state index contributed by atoms with van der Waals surface area (Å²) in [5.41, 5.74) is 2.21. The van der Waals surface area contributed by atoms with E-state index in [1.165, 1.54) is 5.56 Å². The van der Waals surface area contributed by atoms with Gasteiger partial charge in [-0.2, -0.15) is 5.10 Å². The van der Waals surface area contributed by atoms with Crippen molar-refractivity contribution in [3.8, 4) is 5.69 Å². The van der Waals surface area contributed by atoms with Gasteiger partial charge in [0.25, 0.3) is 0 Å². The van der Waals surface area contributed by atoms with E-state index in [2.05, 4.69) is 51.8 Å². The average Bonchev–Trinajstić information content (AvgIpc) is 3.27. The molecule has 0 aliphatic carbocycles. The number of carbonyl (C=O) groups excluding carboxylic acids is 1. The van der Waals surface area contributed by atoms with E-state index in [-0.39, 0.29) is 5.91 Å². The van der Waals surface area contributed by atoms with E-state index < -0.39 is 0 Å². The molecule has 1 aliphatic rings. The van der Waals surface area contributed by atoms with E-state index in [1.807, 2.05) is 16.9 Å². The van der Waals surface area contributed by atoms with E-state index in [0.717, 1.165) is 44.1 Å². The van der Waals surface area contributed by atoms with Crippen LogP contribution in [0.4, 0.5) is 0 Å². The number of benzene rings is 1. The molecule has 150 valence electrons. The van der Waals surface area contributed by atoms with Crippen molar-refractivity contribution in [2.24, 2.45) is 10.9 Å². The second kappa shape index (κ2) is 9.92. The van der Waals surface area contributed by atoms with Crippen molar-refractivity contribution >= 4 is 11.9 Å². The topological polar surface area (TPSA) is 74.5 Å². The van der Waals surface area contributed by atoms with Gasteiger partial charge in [-0.15, -0.1) is 0 Å². The quantitative estimate of drug-likeness (QED) is 0.593. The van der Waals surface area contributed by atoms with E-state index in [1.54, 1.807) is 13.2 Å². The van der Waals surface area contributed by atoms with Gasteiger partial charge in [-0.25, -0.2) is 9.67 Å². The fourth-order valence-electron chi connectivity index (χ4n) is 3.48. The van der Waals surface area contributed by atoms with Gasteiger partial charge in [-0.05, 0) is 49.4 Å². The molecule has 1 aliphatic heterocycles. The van der Waals surface area contributed by atoms with Gasteiger partial charge >= 0.3 is 0 Å². The lowest BCUT2D eigenvalue weighted by Gasteiger charge is -2.34. The third kappa shape index (κ3) is 5.34. The highest BCUT2D eigenvalue weighted by Gasteiger charge is 2.23. The molecule has 1 amide bonds. The molecule has 0 spiro atoms. The molecule has 0 bridgehead atoms. The Bertz CT molecular complexity index is 761. The van der Waals surface area contributed by atoms with Crippen LogP contribution in [0.5, 0.6) is 0 Å². The Morgan fingerprint density at radius 3 is 2.61 bits per heavy atom. The van der Waals surface area contributed by atoms with Crippen LogP contribution in [0.2, 0.25) is 0 Å². The minimum Gasteiger partial charge on any atom is -0.359 e. The van der Waals surface area contributed by atoms with Crippen LogP contribution in [-0.4, -0.2) is 53.2 Å². The number of likely N-dealkylation sites (tertiary alicyclic amines) is 1. The SMILES string of the molecule is CCNC(=NCc1ccc(-n2cccn2)cc1)N1CCC(CC(=O)NC)CC1. The van der Waals surface area contributed by atoms with Crippen LogP contribution in [0.15, 0.2) is 47.7 Å². The second-order valence-electron chi connectivity index (χ2n) is 7.09. The number of nitrogens with one attached hydrogen (secondary N) is 2.